The molecule has 1 aromatic carbocycles. The number of hydrogen-bond acceptors (Lipinski definition) is 3. The molecule has 198 valence electrons. The molecular weight excluding hydrogens is 518 g/mol. The van der Waals surface area contributed by atoms with Gasteiger partial charge in [0, 0.05) is 49.0 Å². The summed E-state index contributed by atoms with van der Waals surface area (Å²) < 4.78 is 8.54. The van der Waals surface area contributed by atoms with Crippen LogP contribution in [-0.2, 0) is 27.4 Å². The molecule has 0 bridgehead atoms. The number of methoxy groups -OCH3 is 1. The minimum absolute atomic E-state index is 0.0400. The minimum Gasteiger partial charge on any atom is -0.383 e. The number of carbonyl (C=O) groups is 2. The normalized spacial score (nSPS) is 14.1. The van der Waals surface area contributed by atoms with Gasteiger partial charge in [-0.25, -0.2) is 0 Å². The van der Waals surface area contributed by atoms with Crippen molar-refractivity contribution in [2.45, 2.75) is 83.8 Å². The van der Waals surface area contributed by atoms with Gasteiger partial charge in [-0.05, 0) is 49.1 Å². The van der Waals surface area contributed by atoms with Crippen molar-refractivity contribution in [2.24, 2.45) is 0 Å². The summed E-state index contributed by atoms with van der Waals surface area (Å²) in [5.74, 6) is 0.0919. The summed E-state index contributed by atoms with van der Waals surface area (Å²) >= 11 is 3.51. The number of carbonyl (C=O) groups excluding carboxylic acids is 2. The standard InChI is InChI=1S/C29H42BrN3O3/c1-3-4-6-13-28(34)32(19-20-36-2)23-29(35)33(26-10-7-5-8-11-26)22-27-12-9-18-31(27)21-24-14-16-25(30)17-15-24/h9,12,14-18,26H,3-8,10-11,13,19-23H2,1-2H3. The van der Waals surface area contributed by atoms with E-state index in [0.717, 1.165) is 61.7 Å². The molecule has 0 aliphatic heterocycles. The van der Waals surface area contributed by atoms with Crippen LogP contribution in [0.5, 0.6) is 0 Å². The first-order valence-corrected chi connectivity index (χ1v) is 14.3. The summed E-state index contributed by atoms with van der Waals surface area (Å²) in [5, 5.41) is 0. The number of amides is 2. The Labute approximate surface area is 225 Å². The average molecular weight is 561 g/mol. The lowest BCUT2D eigenvalue weighted by Crippen LogP contribution is -2.48. The van der Waals surface area contributed by atoms with Crippen LogP contribution in [0.15, 0.2) is 47.1 Å². The third-order valence-electron chi connectivity index (χ3n) is 7.10. The molecule has 2 aromatic rings. The Hall–Kier alpha value is -2.12. The SMILES string of the molecule is CCCCCC(=O)N(CCOC)CC(=O)N(Cc1cccn1Cc1ccc(Br)cc1)C1CCCCC1. The van der Waals surface area contributed by atoms with Crippen molar-refractivity contribution in [3.05, 3.63) is 58.3 Å². The largest absolute Gasteiger partial charge is 0.383 e. The first kappa shape index (κ1) is 28.5. The van der Waals surface area contributed by atoms with Crippen LogP contribution in [0.1, 0.15) is 76.0 Å². The molecule has 0 saturated heterocycles. The Morgan fingerprint density at radius 3 is 2.50 bits per heavy atom. The van der Waals surface area contributed by atoms with Gasteiger partial charge in [-0.1, -0.05) is 67.1 Å². The lowest BCUT2D eigenvalue weighted by atomic mass is 9.94. The molecule has 0 radical (unpaired) electrons. The van der Waals surface area contributed by atoms with Crippen molar-refractivity contribution in [3.8, 4) is 0 Å². The fraction of sp³-hybridized carbons (Fsp3) is 0.586. The van der Waals surface area contributed by atoms with Crippen molar-refractivity contribution < 1.29 is 14.3 Å². The zero-order valence-corrected chi connectivity index (χ0v) is 23.5. The quantitative estimate of drug-likeness (QED) is 0.266. The molecule has 1 aliphatic rings. The van der Waals surface area contributed by atoms with Crippen LogP contribution in [-0.4, -0.2) is 59.0 Å². The molecule has 0 N–H and O–H groups in total. The highest BCUT2D eigenvalue weighted by molar-refractivity contribution is 9.10. The number of aromatic nitrogens is 1. The second kappa shape index (κ2) is 15.2. The average Bonchev–Trinajstić information content (AvgIpc) is 3.33. The molecule has 1 aromatic heterocycles. The lowest BCUT2D eigenvalue weighted by molar-refractivity contribution is -0.143. The number of rotatable bonds is 14. The second-order valence-corrected chi connectivity index (χ2v) is 10.7. The molecule has 1 saturated carbocycles. The molecule has 1 heterocycles. The van der Waals surface area contributed by atoms with E-state index in [4.69, 9.17) is 4.74 Å². The first-order chi connectivity index (χ1) is 17.5. The third kappa shape index (κ3) is 8.77. The highest BCUT2D eigenvalue weighted by atomic mass is 79.9. The first-order valence-electron chi connectivity index (χ1n) is 13.5. The van der Waals surface area contributed by atoms with E-state index in [0.29, 0.717) is 26.1 Å². The maximum absolute atomic E-state index is 13.8. The third-order valence-corrected chi connectivity index (χ3v) is 7.62. The van der Waals surface area contributed by atoms with Crippen LogP contribution in [0.3, 0.4) is 0 Å². The number of unbranched alkanes of at least 4 members (excludes halogenated alkanes) is 2. The Bertz CT molecular complexity index is 937. The van der Waals surface area contributed by atoms with E-state index < -0.39 is 0 Å². The maximum Gasteiger partial charge on any atom is 0.242 e. The van der Waals surface area contributed by atoms with E-state index in [1.807, 2.05) is 4.90 Å². The van der Waals surface area contributed by atoms with Gasteiger partial charge in [0.2, 0.25) is 11.8 Å². The molecule has 1 aliphatic carbocycles. The van der Waals surface area contributed by atoms with E-state index in [-0.39, 0.29) is 24.4 Å². The Morgan fingerprint density at radius 2 is 1.81 bits per heavy atom. The minimum atomic E-state index is 0.0400. The number of halogens is 1. The van der Waals surface area contributed by atoms with Crippen molar-refractivity contribution in [1.29, 1.82) is 0 Å². The molecule has 36 heavy (non-hydrogen) atoms. The molecule has 0 atom stereocenters. The second-order valence-electron chi connectivity index (χ2n) is 9.83. The van der Waals surface area contributed by atoms with Gasteiger partial charge in [0.25, 0.3) is 0 Å². The van der Waals surface area contributed by atoms with Crippen LogP contribution >= 0.6 is 15.9 Å². The van der Waals surface area contributed by atoms with Crippen molar-refractivity contribution in [1.82, 2.24) is 14.4 Å². The van der Waals surface area contributed by atoms with Crippen LogP contribution in [0.2, 0.25) is 0 Å². The molecule has 6 nitrogen and oxygen atoms in total. The van der Waals surface area contributed by atoms with E-state index in [9.17, 15) is 9.59 Å². The zero-order chi connectivity index (χ0) is 25.8. The van der Waals surface area contributed by atoms with E-state index >= 15 is 0 Å². The highest BCUT2D eigenvalue weighted by Crippen LogP contribution is 2.25. The Kier molecular flexibility index (Phi) is 12.0. The van der Waals surface area contributed by atoms with Crippen LogP contribution in [0.25, 0.3) is 0 Å². The zero-order valence-electron chi connectivity index (χ0n) is 22.0. The predicted octanol–water partition coefficient (Wildman–Crippen LogP) is 6.02. The molecule has 3 rings (SSSR count). The van der Waals surface area contributed by atoms with Crippen molar-refractivity contribution in [2.75, 3.05) is 26.8 Å². The van der Waals surface area contributed by atoms with Gasteiger partial charge in [-0.2, -0.15) is 0 Å². The van der Waals surface area contributed by atoms with Gasteiger partial charge in [-0.3, -0.25) is 9.59 Å². The van der Waals surface area contributed by atoms with Gasteiger partial charge in [0.05, 0.1) is 19.7 Å². The Morgan fingerprint density at radius 1 is 1.06 bits per heavy atom. The summed E-state index contributed by atoms with van der Waals surface area (Å²) in [6.07, 6.45) is 11.1. The number of hydrogen-bond donors (Lipinski definition) is 0. The molecular formula is C29H42BrN3O3. The number of nitrogens with zero attached hydrogens (tertiary/aromatic N) is 3. The highest BCUT2D eigenvalue weighted by Gasteiger charge is 2.28. The molecule has 1 fully saturated rings. The van der Waals surface area contributed by atoms with Gasteiger partial charge in [-0.15, -0.1) is 0 Å². The number of ether oxygens (including phenoxy) is 1. The van der Waals surface area contributed by atoms with E-state index in [1.54, 1.807) is 12.0 Å². The lowest BCUT2D eigenvalue weighted by Gasteiger charge is -2.36. The summed E-state index contributed by atoms with van der Waals surface area (Å²) in [6.45, 7) is 4.47. The van der Waals surface area contributed by atoms with Gasteiger partial charge in [0.1, 0.15) is 0 Å². The van der Waals surface area contributed by atoms with E-state index in [2.05, 4.69) is 70.0 Å². The van der Waals surface area contributed by atoms with Crippen molar-refractivity contribution >= 4 is 27.7 Å². The molecule has 0 spiro atoms. The van der Waals surface area contributed by atoms with Crippen molar-refractivity contribution in [3.63, 3.8) is 0 Å². The molecule has 7 heteroatoms. The fourth-order valence-corrected chi connectivity index (χ4v) is 5.22. The van der Waals surface area contributed by atoms with E-state index in [1.165, 1.54) is 12.0 Å². The van der Waals surface area contributed by atoms with Crippen LogP contribution in [0.4, 0.5) is 0 Å². The van der Waals surface area contributed by atoms with Gasteiger partial charge in [0.15, 0.2) is 0 Å². The summed E-state index contributed by atoms with van der Waals surface area (Å²) in [4.78, 5) is 30.5. The van der Waals surface area contributed by atoms with Gasteiger partial charge >= 0.3 is 0 Å². The fourth-order valence-electron chi connectivity index (χ4n) is 4.95. The summed E-state index contributed by atoms with van der Waals surface area (Å²) in [7, 11) is 1.63. The van der Waals surface area contributed by atoms with Gasteiger partial charge < -0.3 is 19.1 Å². The smallest absolute Gasteiger partial charge is 0.242 e. The predicted molar refractivity (Wildman–Crippen MR) is 148 cm³/mol. The maximum atomic E-state index is 13.8. The number of benzene rings is 1. The summed E-state index contributed by atoms with van der Waals surface area (Å²) in [5.41, 5.74) is 2.34. The monoisotopic (exact) mass is 559 g/mol. The molecule has 0 unspecified atom stereocenters. The molecule has 2 amide bonds. The van der Waals surface area contributed by atoms with Crippen LogP contribution in [0, 0.1) is 0 Å². The van der Waals surface area contributed by atoms with Crippen LogP contribution < -0.4 is 0 Å². The Balaban J connectivity index is 1.75. The summed E-state index contributed by atoms with van der Waals surface area (Å²) in [6, 6.07) is 12.7. The topological polar surface area (TPSA) is 54.8 Å².